The van der Waals surface area contributed by atoms with Gasteiger partial charge in [-0.25, -0.2) is 4.98 Å². The Labute approximate surface area is 113 Å². The number of nitrogens with zero attached hydrogens (tertiary/aromatic N) is 2. The Morgan fingerprint density at radius 3 is 3.00 bits per heavy atom. The molecule has 2 N–H and O–H groups in total. The minimum absolute atomic E-state index is 0. The Morgan fingerprint density at radius 2 is 2.33 bits per heavy atom. The van der Waals surface area contributed by atoms with Gasteiger partial charge in [-0.3, -0.25) is 9.69 Å². The van der Waals surface area contributed by atoms with Crippen LogP contribution in [0.25, 0.3) is 0 Å². The van der Waals surface area contributed by atoms with Crippen molar-refractivity contribution in [1.29, 1.82) is 0 Å². The van der Waals surface area contributed by atoms with E-state index < -0.39 is 0 Å². The van der Waals surface area contributed by atoms with Crippen molar-refractivity contribution in [1.82, 2.24) is 20.2 Å². The molecule has 102 valence electrons. The van der Waals surface area contributed by atoms with E-state index in [1.165, 1.54) is 0 Å². The topological polar surface area (TPSA) is 61.0 Å². The van der Waals surface area contributed by atoms with Gasteiger partial charge in [-0.05, 0) is 13.3 Å². The molecule has 2 heterocycles. The molecule has 0 aromatic carbocycles. The summed E-state index contributed by atoms with van der Waals surface area (Å²) in [5, 5.41) is 3.35. The Kier molecular flexibility index (Phi) is 5.78. The van der Waals surface area contributed by atoms with Crippen LogP contribution in [0.3, 0.4) is 0 Å². The molecule has 2 rings (SSSR count). The van der Waals surface area contributed by atoms with Crippen molar-refractivity contribution in [2.24, 2.45) is 0 Å². The van der Waals surface area contributed by atoms with Crippen LogP contribution in [0.1, 0.15) is 25.4 Å². The van der Waals surface area contributed by atoms with Crippen molar-refractivity contribution in [2.75, 3.05) is 19.6 Å². The third kappa shape index (κ3) is 3.80. The fraction of sp³-hybridized carbons (Fsp3) is 0.667. The second-order valence-corrected chi connectivity index (χ2v) is 4.56. The SMILES string of the molecule is CCc1cc(=O)[nH]c(CN2CCNC[C@@H]2C)n1.Cl. The summed E-state index contributed by atoms with van der Waals surface area (Å²) in [5.41, 5.74) is 0.821. The molecule has 6 heteroatoms. The summed E-state index contributed by atoms with van der Waals surface area (Å²) in [6.07, 6.45) is 0.800. The summed E-state index contributed by atoms with van der Waals surface area (Å²) in [6.45, 7) is 7.93. The van der Waals surface area contributed by atoms with Gasteiger partial charge in [-0.1, -0.05) is 6.92 Å². The monoisotopic (exact) mass is 272 g/mol. The molecule has 1 aliphatic rings. The van der Waals surface area contributed by atoms with Crippen molar-refractivity contribution in [3.05, 3.63) is 27.9 Å². The maximum Gasteiger partial charge on any atom is 0.251 e. The predicted octanol–water partition coefficient (Wildman–Crippen LogP) is 0.548. The third-order valence-electron chi connectivity index (χ3n) is 3.20. The Hall–Kier alpha value is -0.910. The molecule has 1 aliphatic heterocycles. The largest absolute Gasteiger partial charge is 0.314 e. The third-order valence-corrected chi connectivity index (χ3v) is 3.20. The normalized spacial score (nSPS) is 20.4. The van der Waals surface area contributed by atoms with E-state index in [9.17, 15) is 4.79 Å². The molecule has 1 aromatic rings. The van der Waals surface area contributed by atoms with E-state index in [-0.39, 0.29) is 18.0 Å². The van der Waals surface area contributed by atoms with Gasteiger partial charge in [-0.15, -0.1) is 12.4 Å². The van der Waals surface area contributed by atoms with E-state index in [1.807, 2.05) is 6.92 Å². The highest BCUT2D eigenvalue weighted by Gasteiger charge is 2.18. The van der Waals surface area contributed by atoms with Crippen molar-refractivity contribution < 1.29 is 0 Å². The first-order valence-corrected chi connectivity index (χ1v) is 6.23. The van der Waals surface area contributed by atoms with E-state index in [0.29, 0.717) is 6.04 Å². The average molecular weight is 273 g/mol. The van der Waals surface area contributed by atoms with Crippen LogP contribution in [0.5, 0.6) is 0 Å². The lowest BCUT2D eigenvalue weighted by Gasteiger charge is -2.33. The zero-order valence-corrected chi connectivity index (χ0v) is 11.7. The summed E-state index contributed by atoms with van der Waals surface area (Å²) in [4.78, 5) is 21.1. The molecule has 0 aliphatic carbocycles. The number of aromatic nitrogens is 2. The number of aromatic amines is 1. The lowest BCUT2D eigenvalue weighted by Crippen LogP contribution is -2.49. The lowest BCUT2D eigenvalue weighted by molar-refractivity contribution is 0.161. The van der Waals surface area contributed by atoms with Crippen LogP contribution < -0.4 is 10.9 Å². The van der Waals surface area contributed by atoms with E-state index in [2.05, 4.69) is 27.1 Å². The second-order valence-electron chi connectivity index (χ2n) is 4.56. The first-order chi connectivity index (χ1) is 8.19. The Balaban J connectivity index is 0.00000162. The molecule has 1 aromatic heterocycles. The number of hydrogen-bond donors (Lipinski definition) is 2. The number of rotatable bonds is 3. The van der Waals surface area contributed by atoms with Crippen LogP contribution in [-0.2, 0) is 13.0 Å². The van der Waals surface area contributed by atoms with Gasteiger partial charge in [-0.2, -0.15) is 0 Å². The highest BCUT2D eigenvalue weighted by Crippen LogP contribution is 2.06. The molecular formula is C12H21ClN4O. The molecule has 18 heavy (non-hydrogen) atoms. The Bertz CT molecular complexity index is 434. The van der Waals surface area contributed by atoms with E-state index in [4.69, 9.17) is 0 Å². The lowest BCUT2D eigenvalue weighted by atomic mass is 10.2. The maximum atomic E-state index is 11.5. The molecule has 5 nitrogen and oxygen atoms in total. The van der Waals surface area contributed by atoms with E-state index in [0.717, 1.165) is 44.1 Å². The zero-order chi connectivity index (χ0) is 12.3. The molecular weight excluding hydrogens is 252 g/mol. The smallest absolute Gasteiger partial charge is 0.251 e. The number of H-pyrrole nitrogens is 1. The van der Waals surface area contributed by atoms with Crippen LogP contribution in [0.15, 0.2) is 10.9 Å². The molecule has 0 unspecified atom stereocenters. The quantitative estimate of drug-likeness (QED) is 0.844. The standard InChI is InChI=1S/C12H20N4O.ClH/c1-3-10-6-12(17)15-11(14-10)8-16-5-4-13-7-9(16)2;/h6,9,13H,3-5,7-8H2,1-2H3,(H,14,15,17);1H/t9-;/m0./s1. The Morgan fingerprint density at radius 1 is 1.56 bits per heavy atom. The number of piperazine rings is 1. The molecule has 0 radical (unpaired) electrons. The van der Waals surface area contributed by atoms with Gasteiger partial charge < -0.3 is 10.3 Å². The van der Waals surface area contributed by atoms with Gasteiger partial charge in [0.1, 0.15) is 5.82 Å². The zero-order valence-electron chi connectivity index (χ0n) is 10.9. The fourth-order valence-electron chi connectivity index (χ4n) is 2.13. The highest BCUT2D eigenvalue weighted by atomic mass is 35.5. The molecule has 1 fully saturated rings. The molecule has 0 spiro atoms. The van der Waals surface area contributed by atoms with Gasteiger partial charge in [0.05, 0.1) is 6.54 Å². The summed E-state index contributed by atoms with van der Waals surface area (Å²) in [7, 11) is 0. The van der Waals surface area contributed by atoms with Crippen LogP contribution in [0, 0.1) is 0 Å². The molecule has 1 saturated heterocycles. The molecule has 1 atom stereocenters. The maximum absolute atomic E-state index is 11.5. The second kappa shape index (κ2) is 6.87. The van der Waals surface area contributed by atoms with Gasteiger partial charge in [0.2, 0.25) is 0 Å². The molecule has 0 amide bonds. The van der Waals surface area contributed by atoms with Crippen molar-refractivity contribution in [3.63, 3.8) is 0 Å². The first-order valence-electron chi connectivity index (χ1n) is 6.23. The summed E-state index contributed by atoms with van der Waals surface area (Å²) in [5.74, 6) is 0.781. The van der Waals surface area contributed by atoms with E-state index >= 15 is 0 Å². The number of hydrogen-bond acceptors (Lipinski definition) is 4. The fourth-order valence-corrected chi connectivity index (χ4v) is 2.13. The molecule has 0 saturated carbocycles. The first kappa shape index (κ1) is 15.1. The number of aryl methyl sites for hydroxylation is 1. The minimum atomic E-state index is -0.0466. The highest BCUT2D eigenvalue weighted by molar-refractivity contribution is 5.85. The predicted molar refractivity (Wildman–Crippen MR) is 74.2 cm³/mol. The van der Waals surface area contributed by atoms with Crippen molar-refractivity contribution >= 4 is 12.4 Å². The van der Waals surface area contributed by atoms with Gasteiger partial charge >= 0.3 is 0 Å². The van der Waals surface area contributed by atoms with Crippen LogP contribution >= 0.6 is 12.4 Å². The van der Waals surface area contributed by atoms with Crippen molar-refractivity contribution in [3.8, 4) is 0 Å². The number of nitrogens with one attached hydrogen (secondary N) is 2. The van der Waals surface area contributed by atoms with Crippen LogP contribution in [-0.4, -0.2) is 40.5 Å². The minimum Gasteiger partial charge on any atom is -0.314 e. The summed E-state index contributed by atoms with van der Waals surface area (Å²) < 4.78 is 0. The average Bonchev–Trinajstić information content (AvgIpc) is 2.31. The van der Waals surface area contributed by atoms with E-state index in [1.54, 1.807) is 6.07 Å². The van der Waals surface area contributed by atoms with Crippen LogP contribution in [0.4, 0.5) is 0 Å². The van der Waals surface area contributed by atoms with Gasteiger partial charge in [0.25, 0.3) is 5.56 Å². The summed E-state index contributed by atoms with van der Waals surface area (Å²) in [6, 6.07) is 2.06. The van der Waals surface area contributed by atoms with Gasteiger partial charge in [0, 0.05) is 37.4 Å². The van der Waals surface area contributed by atoms with Gasteiger partial charge in [0.15, 0.2) is 0 Å². The number of halogens is 1. The molecule has 0 bridgehead atoms. The van der Waals surface area contributed by atoms with Crippen LogP contribution in [0.2, 0.25) is 0 Å². The van der Waals surface area contributed by atoms with Crippen molar-refractivity contribution in [2.45, 2.75) is 32.9 Å². The summed E-state index contributed by atoms with van der Waals surface area (Å²) >= 11 is 0.